The van der Waals surface area contributed by atoms with E-state index < -0.39 is 23.5 Å². The molecule has 1 aliphatic rings. The minimum atomic E-state index is -1.03. The highest BCUT2D eigenvalue weighted by atomic mass is 16.6. The van der Waals surface area contributed by atoms with E-state index in [1.807, 2.05) is 0 Å². The lowest BCUT2D eigenvalue weighted by Gasteiger charge is -2.30. The van der Waals surface area contributed by atoms with Gasteiger partial charge in [-0.1, -0.05) is 0 Å². The van der Waals surface area contributed by atoms with E-state index in [0.717, 1.165) is 0 Å². The van der Waals surface area contributed by atoms with Gasteiger partial charge in [0.25, 0.3) is 0 Å². The Morgan fingerprint density at radius 1 is 1.38 bits per heavy atom. The Morgan fingerprint density at radius 3 is 2.23 bits per heavy atom. The molecule has 13 heavy (non-hydrogen) atoms. The molecule has 0 aliphatic carbocycles. The second-order valence-corrected chi connectivity index (χ2v) is 3.24. The van der Waals surface area contributed by atoms with Crippen molar-refractivity contribution >= 4 is 17.9 Å². The maximum Gasteiger partial charge on any atom is 0.317 e. The lowest BCUT2D eigenvalue weighted by atomic mass is 9.96. The quantitative estimate of drug-likeness (QED) is 0.431. The first-order valence-corrected chi connectivity index (χ1v) is 3.84. The number of hydrogen-bond donors (Lipinski definition) is 0. The zero-order chi connectivity index (χ0) is 10.1. The highest BCUT2D eigenvalue weighted by Gasteiger charge is 2.40. The predicted octanol–water partition coefficient (Wildman–Crippen LogP) is 0.172. The normalized spacial score (nSPS) is 20.8. The number of rotatable bonds is 1. The molecule has 0 aromatic heterocycles. The Balaban J connectivity index is 2.71. The molecular weight excluding hydrogens is 176 g/mol. The summed E-state index contributed by atoms with van der Waals surface area (Å²) in [7, 11) is 0. The topological polar surface area (TPSA) is 69.7 Å². The Bertz CT molecular complexity index is 246. The molecule has 5 nitrogen and oxygen atoms in total. The molecule has 0 saturated carbocycles. The van der Waals surface area contributed by atoms with Crippen molar-refractivity contribution in [2.24, 2.45) is 0 Å². The lowest BCUT2D eigenvalue weighted by Crippen LogP contribution is -2.42. The van der Waals surface area contributed by atoms with Crippen LogP contribution in [-0.4, -0.2) is 23.5 Å². The van der Waals surface area contributed by atoms with Crippen LogP contribution in [0.5, 0.6) is 0 Å². The Morgan fingerprint density at radius 2 is 1.85 bits per heavy atom. The molecule has 0 amide bonds. The van der Waals surface area contributed by atoms with Crippen LogP contribution in [0.25, 0.3) is 0 Å². The average Bonchev–Trinajstić information content (AvgIpc) is 1.77. The van der Waals surface area contributed by atoms with Crippen LogP contribution >= 0.6 is 0 Å². The third-order valence-electron chi connectivity index (χ3n) is 1.65. The lowest BCUT2D eigenvalue weighted by molar-refractivity contribution is -0.181. The van der Waals surface area contributed by atoms with Gasteiger partial charge in [0.2, 0.25) is 0 Å². The van der Waals surface area contributed by atoms with Gasteiger partial charge in [-0.2, -0.15) is 0 Å². The molecular formula is C8H10O5. The summed E-state index contributed by atoms with van der Waals surface area (Å²) >= 11 is 0. The first-order valence-electron chi connectivity index (χ1n) is 3.84. The molecule has 0 bridgehead atoms. The predicted molar refractivity (Wildman–Crippen MR) is 40.5 cm³/mol. The fourth-order valence-corrected chi connectivity index (χ4v) is 1.29. The van der Waals surface area contributed by atoms with Gasteiger partial charge in [-0.3, -0.25) is 14.4 Å². The summed E-state index contributed by atoms with van der Waals surface area (Å²) in [6.45, 7) is 2.77. The summed E-state index contributed by atoms with van der Waals surface area (Å²) < 4.78 is 9.15. The van der Waals surface area contributed by atoms with E-state index in [4.69, 9.17) is 4.74 Å². The molecule has 0 spiro atoms. The van der Waals surface area contributed by atoms with Crippen LogP contribution in [0.1, 0.15) is 26.7 Å². The van der Waals surface area contributed by atoms with Crippen molar-refractivity contribution in [3.63, 3.8) is 0 Å². The van der Waals surface area contributed by atoms with E-state index in [-0.39, 0.29) is 12.8 Å². The molecule has 1 aliphatic heterocycles. The monoisotopic (exact) mass is 186 g/mol. The van der Waals surface area contributed by atoms with Crippen LogP contribution in [0.4, 0.5) is 0 Å². The second-order valence-electron chi connectivity index (χ2n) is 3.24. The van der Waals surface area contributed by atoms with E-state index in [9.17, 15) is 14.4 Å². The van der Waals surface area contributed by atoms with Crippen molar-refractivity contribution < 1.29 is 23.9 Å². The standard InChI is InChI=1S/C8H10O5/c1-5(9)13-8(2)3-6(10)12-7(11)4-8/h3-4H2,1-2H3. The van der Waals surface area contributed by atoms with Crippen molar-refractivity contribution in [3.8, 4) is 0 Å². The molecule has 0 N–H and O–H groups in total. The van der Waals surface area contributed by atoms with Crippen LogP contribution in [0.3, 0.4) is 0 Å². The minimum Gasteiger partial charge on any atom is -0.458 e. The van der Waals surface area contributed by atoms with Gasteiger partial charge >= 0.3 is 17.9 Å². The summed E-state index contributed by atoms with van der Waals surface area (Å²) in [6, 6.07) is 0. The van der Waals surface area contributed by atoms with E-state index in [1.165, 1.54) is 13.8 Å². The Labute approximate surface area is 75.0 Å². The third kappa shape index (κ3) is 2.54. The van der Waals surface area contributed by atoms with Crippen LogP contribution in [0, 0.1) is 0 Å². The highest BCUT2D eigenvalue weighted by Crippen LogP contribution is 2.25. The molecule has 5 heteroatoms. The molecule has 72 valence electrons. The van der Waals surface area contributed by atoms with Gasteiger partial charge in [-0.15, -0.1) is 0 Å². The van der Waals surface area contributed by atoms with Gasteiger partial charge in [0.1, 0.15) is 5.60 Å². The van der Waals surface area contributed by atoms with Crippen molar-refractivity contribution in [1.82, 2.24) is 0 Å². The molecule has 0 radical (unpaired) electrons. The molecule has 0 unspecified atom stereocenters. The smallest absolute Gasteiger partial charge is 0.317 e. The van der Waals surface area contributed by atoms with Crippen LogP contribution in [0.2, 0.25) is 0 Å². The summed E-state index contributed by atoms with van der Waals surface area (Å²) in [6.07, 6.45) is -0.142. The third-order valence-corrected chi connectivity index (χ3v) is 1.65. The highest BCUT2D eigenvalue weighted by molar-refractivity contribution is 5.90. The number of cyclic esters (lactones) is 2. The molecule has 1 fully saturated rings. The largest absolute Gasteiger partial charge is 0.458 e. The van der Waals surface area contributed by atoms with E-state index in [2.05, 4.69) is 4.74 Å². The van der Waals surface area contributed by atoms with E-state index in [1.54, 1.807) is 0 Å². The van der Waals surface area contributed by atoms with Crippen molar-refractivity contribution in [1.29, 1.82) is 0 Å². The van der Waals surface area contributed by atoms with Crippen molar-refractivity contribution in [2.75, 3.05) is 0 Å². The minimum absolute atomic E-state index is 0.0711. The zero-order valence-electron chi connectivity index (χ0n) is 7.46. The molecule has 0 atom stereocenters. The van der Waals surface area contributed by atoms with Gasteiger partial charge in [-0.25, -0.2) is 0 Å². The summed E-state index contributed by atoms with van der Waals surface area (Å²) in [5, 5.41) is 0. The molecule has 0 aromatic carbocycles. The summed E-state index contributed by atoms with van der Waals surface area (Å²) in [5.74, 6) is -1.81. The van der Waals surface area contributed by atoms with E-state index in [0.29, 0.717) is 0 Å². The zero-order valence-corrected chi connectivity index (χ0v) is 7.46. The number of carbonyl (C=O) groups is 3. The number of hydrogen-bond acceptors (Lipinski definition) is 5. The van der Waals surface area contributed by atoms with Crippen molar-refractivity contribution in [2.45, 2.75) is 32.3 Å². The van der Waals surface area contributed by atoms with Gasteiger partial charge in [0.15, 0.2) is 0 Å². The molecule has 1 heterocycles. The fourth-order valence-electron chi connectivity index (χ4n) is 1.29. The first kappa shape index (κ1) is 9.70. The number of ether oxygens (including phenoxy) is 2. The van der Waals surface area contributed by atoms with Crippen LogP contribution < -0.4 is 0 Å². The molecule has 1 saturated heterocycles. The van der Waals surface area contributed by atoms with Gasteiger partial charge in [0.05, 0.1) is 12.8 Å². The number of carbonyl (C=O) groups excluding carboxylic acids is 3. The first-order chi connectivity index (χ1) is 5.91. The fraction of sp³-hybridized carbons (Fsp3) is 0.625. The van der Waals surface area contributed by atoms with Crippen LogP contribution in [0.15, 0.2) is 0 Å². The SMILES string of the molecule is CC(=O)OC1(C)CC(=O)OC(=O)C1. The van der Waals surface area contributed by atoms with Crippen LogP contribution in [-0.2, 0) is 23.9 Å². The average molecular weight is 186 g/mol. The molecule has 1 rings (SSSR count). The Kier molecular flexibility index (Phi) is 2.36. The summed E-state index contributed by atoms with van der Waals surface area (Å²) in [4.78, 5) is 32.3. The van der Waals surface area contributed by atoms with Gasteiger partial charge in [0, 0.05) is 6.92 Å². The number of esters is 3. The van der Waals surface area contributed by atoms with E-state index >= 15 is 0 Å². The maximum absolute atomic E-state index is 10.8. The second kappa shape index (κ2) is 3.16. The Hall–Kier alpha value is -1.39. The maximum atomic E-state index is 10.8. The summed E-state index contributed by atoms with van der Waals surface area (Å²) in [5.41, 5.74) is -1.03. The molecule has 0 aromatic rings. The van der Waals surface area contributed by atoms with Crippen molar-refractivity contribution in [3.05, 3.63) is 0 Å². The van der Waals surface area contributed by atoms with Gasteiger partial charge in [-0.05, 0) is 6.92 Å². The van der Waals surface area contributed by atoms with Gasteiger partial charge < -0.3 is 9.47 Å².